The van der Waals surface area contributed by atoms with Gasteiger partial charge in [-0.2, -0.15) is 5.10 Å². The van der Waals surface area contributed by atoms with Crippen molar-refractivity contribution in [1.82, 2.24) is 24.6 Å². The number of amides is 1. The Morgan fingerprint density at radius 1 is 1.04 bits per heavy atom. The molecule has 7 nitrogen and oxygen atoms in total. The molecule has 2 aromatic rings. The van der Waals surface area contributed by atoms with Crippen LogP contribution in [0.25, 0.3) is 5.82 Å². The van der Waals surface area contributed by atoms with Gasteiger partial charge in [0.1, 0.15) is 12.1 Å². The summed E-state index contributed by atoms with van der Waals surface area (Å²) in [5, 5.41) is 4.53. The van der Waals surface area contributed by atoms with Crippen LogP contribution in [0.1, 0.15) is 44.0 Å². The summed E-state index contributed by atoms with van der Waals surface area (Å²) >= 11 is 0. The molecular weight excluding hydrogens is 352 g/mol. The highest BCUT2D eigenvalue weighted by atomic mass is 16.2. The maximum Gasteiger partial charge on any atom is 0.227 e. The molecule has 0 radical (unpaired) electrons. The molecule has 4 rings (SSSR count). The lowest BCUT2D eigenvalue weighted by Gasteiger charge is -2.38. The number of carbonyl (C=O) groups excluding carboxylic acids is 1. The summed E-state index contributed by atoms with van der Waals surface area (Å²) in [6.07, 6.45) is 5.94. The Morgan fingerprint density at radius 3 is 2.57 bits per heavy atom. The van der Waals surface area contributed by atoms with Gasteiger partial charge in [-0.1, -0.05) is 6.92 Å². The Hall–Kier alpha value is -2.44. The molecule has 0 bridgehead atoms. The number of rotatable bonds is 3. The van der Waals surface area contributed by atoms with Gasteiger partial charge in [-0.3, -0.25) is 4.79 Å². The molecule has 2 aliphatic rings. The normalized spacial score (nSPS) is 23.1. The van der Waals surface area contributed by atoms with Gasteiger partial charge in [0, 0.05) is 37.9 Å². The van der Waals surface area contributed by atoms with E-state index in [1.807, 2.05) is 30.7 Å². The first-order valence-corrected chi connectivity index (χ1v) is 10.4. The number of nitrogens with zero attached hydrogens (tertiary/aromatic N) is 6. The quantitative estimate of drug-likeness (QED) is 0.817. The van der Waals surface area contributed by atoms with Crippen molar-refractivity contribution in [3.63, 3.8) is 0 Å². The lowest BCUT2D eigenvalue weighted by Crippen LogP contribution is -2.47. The molecule has 0 N–H and O–H groups in total. The Morgan fingerprint density at radius 2 is 1.82 bits per heavy atom. The van der Waals surface area contributed by atoms with Crippen LogP contribution in [-0.2, 0) is 4.79 Å². The number of hydrogen-bond donors (Lipinski definition) is 0. The van der Waals surface area contributed by atoms with E-state index in [0.29, 0.717) is 11.8 Å². The molecule has 0 saturated carbocycles. The number of hydrogen-bond acceptors (Lipinski definition) is 5. The second-order valence-corrected chi connectivity index (χ2v) is 8.39. The second kappa shape index (κ2) is 7.89. The van der Waals surface area contributed by atoms with Crippen LogP contribution in [-0.4, -0.2) is 56.7 Å². The van der Waals surface area contributed by atoms with Crippen LogP contribution in [0.5, 0.6) is 0 Å². The molecule has 2 saturated heterocycles. The Labute approximate surface area is 166 Å². The van der Waals surface area contributed by atoms with Crippen LogP contribution in [0, 0.1) is 25.7 Å². The Balaban J connectivity index is 1.49. The van der Waals surface area contributed by atoms with Crippen LogP contribution in [0.2, 0.25) is 0 Å². The van der Waals surface area contributed by atoms with E-state index in [1.165, 1.54) is 6.42 Å². The van der Waals surface area contributed by atoms with Crippen molar-refractivity contribution in [2.75, 3.05) is 31.1 Å². The molecule has 2 aromatic heterocycles. The summed E-state index contributed by atoms with van der Waals surface area (Å²) in [5.41, 5.74) is 2.02. The van der Waals surface area contributed by atoms with E-state index in [-0.39, 0.29) is 5.92 Å². The minimum absolute atomic E-state index is 0.0612. The van der Waals surface area contributed by atoms with Crippen LogP contribution < -0.4 is 4.90 Å². The fourth-order valence-electron chi connectivity index (χ4n) is 4.52. The minimum Gasteiger partial charge on any atom is -0.356 e. The van der Waals surface area contributed by atoms with E-state index in [0.717, 1.165) is 68.5 Å². The van der Waals surface area contributed by atoms with Gasteiger partial charge in [-0.05, 0) is 51.5 Å². The minimum atomic E-state index is 0.0612. The fourth-order valence-corrected chi connectivity index (χ4v) is 4.52. The van der Waals surface area contributed by atoms with Crippen molar-refractivity contribution in [3.8, 4) is 5.82 Å². The molecule has 4 heterocycles. The fraction of sp³-hybridized carbons (Fsp3) is 0.619. The third-order valence-corrected chi connectivity index (χ3v) is 5.93. The first-order valence-electron chi connectivity index (χ1n) is 10.4. The topological polar surface area (TPSA) is 67.2 Å². The van der Waals surface area contributed by atoms with E-state index in [9.17, 15) is 4.79 Å². The summed E-state index contributed by atoms with van der Waals surface area (Å²) in [6, 6.07) is 4.02. The maximum atomic E-state index is 13.1. The molecule has 150 valence electrons. The van der Waals surface area contributed by atoms with Crippen molar-refractivity contribution in [2.24, 2.45) is 11.8 Å². The van der Waals surface area contributed by atoms with E-state index < -0.39 is 0 Å². The summed E-state index contributed by atoms with van der Waals surface area (Å²) < 4.78 is 1.85. The number of aryl methyl sites for hydroxylation is 2. The molecule has 0 aromatic carbocycles. The number of carbonyl (C=O) groups is 1. The van der Waals surface area contributed by atoms with Crippen molar-refractivity contribution in [3.05, 3.63) is 29.8 Å². The van der Waals surface area contributed by atoms with Crippen LogP contribution >= 0.6 is 0 Å². The molecule has 2 atom stereocenters. The van der Waals surface area contributed by atoms with Crippen LogP contribution in [0.4, 0.5) is 5.82 Å². The zero-order valence-corrected chi connectivity index (χ0v) is 17.1. The van der Waals surface area contributed by atoms with E-state index in [4.69, 9.17) is 0 Å². The lowest BCUT2D eigenvalue weighted by atomic mass is 9.93. The number of likely N-dealkylation sites (tertiary alicyclic amines) is 1. The van der Waals surface area contributed by atoms with Gasteiger partial charge in [0.05, 0.1) is 11.6 Å². The predicted molar refractivity (Wildman–Crippen MR) is 109 cm³/mol. The molecule has 2 unspecified atom stereocenters. The van der Waals surface area contributed by atoms with Gasteiger partial charge in [0.2, 0.25) is 5.91 Å². The first-order chi connectivity index (χ1) is 13.5. The monoisotopic (exact) mass is 382 g/mol. The van der Waals surface area contributed by atoms with Gasteiger partial charge in [0.25, 0.3) is 0 Å². The highest BCUT2D eigenvalue weighted by molar-refractivity contribution is 5.80. The van der Waals surface area contributed by atoms with Crippen molar-refractivity contribution >= 4 is 11.7 Å². The van der Waals surface area contributed by atoms with Crippen molar-refractivity contribution in [2.45, 2.75) is 46.5 Å². The van der Waals surface area contributed by atoms with Gasteiger partial charge in [-0.15, -0.1) is 0 Å². The summed E-state index contributed by atoms with van der Waals surface area (Å²) in [6.45, 7) is 9.73. The Bertz CT molecular complexity index is 847. The molecule has 2 aliphatic heterocycles. The molecule has 2 fully saturated rings. The van der Waals surface area contributed by atoms with Crippen LogP contribution in [0.3, 0.4) is 0 Å². The van der Waals surface area contributed by atoms with Crippen molar-refractivity contribution < 1.29 is 4.79 Å². The average molecular weight is 383 g/mol. The summed E-state index contributed by atoms with van der Waals surface area (Å²) in [5.74, 6) is 2.65. The smallest absolute Gasteiger partial charge is 0.227 e. The molecule has 0 spiro atoms. The number of aromatic nitrogens is 4. The standard InChI is InChI=1S/C21H30N6O/c1-15-6-4-9-26(12-15)21(28)18-7-5-8-25(13-18)19-11-20(23-14-22-19)27-17(3)10-16(2)24-27/h10-11,14-15,18H,4-9,12-13H2,1-3H3. The van der Waals surface area contributed by atoms with E-state index in [2.05, 4.69) is 31.8 Å². The van der Waals surface area contributed by atoms with E-state index >= 15 is 0 Å². The molecule has 7 heteroatoms. The largest absolute Gasteiger partial charge is 0.356 e. The summed E-state index contributed by atoms with van der Waals surface area (Å²) in [7, 11) is 0. The zero-order chi connectivity index (χ0) is 19.7. The highest BCUT2D eigenvalue weighted by Crippen LogP contribution is 2.26. The maximum absolute atomic E-state index is 13.1. The van der Waals surface area contributed by atoms with Crippen molar-refractivity contribution in [1.29, 1.82) is 0 Å². The van der Waals surface area contributed by atoms with Crippen LogP contribution in [0.15, 0.2) is 18.5 Å². The predicted octanol–water partition coefficient (Wildman–Crippen LogP) is 2.75. The highest BCUT2D eigenvalue weighted by Gasteiger charge is 2.31. The Kier molecular flexibility index (Phi) is 5.33. The lowest BCUT2D eigenvalue weighted by molar-refractivity contribution is -0.137. The van der Waals surface area contributed by atoms with Gasteiger partial charge < -0.3 is 9.80 Å². The molecular formula is C21H30N6O. The van der Waals surface area contributed by atoms with Gasteiger partial charge >= 0.3 is 0 Å². The third-order valence-electron chi connectivity index (χ3n) is 5.93. The molecule has 0 aliphatic carbocycles. The zero-order valence-electron chi connectivity index (χ0n) is 17.1. The average Bonchev–Trinajstić information content (AvgIpc) is 3.05. The van der Waals surface area contributed by atoms with Gasteiger partial charge in [0.15, 0.2) is 5.82 Å². The summed E-state index contributed by atoms with van der Waals surface area (Å²) in [4.78, 5) is 26.3. The SMILES string of the molecule is Cc1cc(C)n(-c2cc(N3CCCC(C(=O)N4CCCC(C)C4)C3)ncn2)n1. The first kappa shape index (κ1) is 18.9. The van der Waals surface area contributed by atoms with Gasteiger partial charge in [-0.25, -0.2) is 14.6 Å². The molecule has 28 heavy (non-hydrogen) atoms. The second-order valence-electron chi connectivity index (χ2n) is 8.39. The van der Waals surface area contributed by atoms with E-state index in [1.54, 1.807) is 6.33 Å². The molecule has 1 amide bonds. The number of piperidine rings is 2. The number of anilines is 1. The third kappa shape index (κ3) is 3.88.